The van der Waals surface area contributed by atoms with E-state index in [1.54, 1.807) is 29.5 Å². The molecule has 0 spiro atoms. The number of anilines is 1. The van der Waals surface area contributed by atoms with Crippen LogP contribution in [0.1, 0.15) is 6.42 Å². The summed E-state index contributed by atoms with van der Waals surface area (Å²) in [5.74, 6) is 1.43. The van der Waals surface area contributed by atoms with Crippen LogP contribution in [0.25, 0.3) is 22.4 Å². The van der Waals surface area contributed by atoms with Crippen molar-refractivity contribution in [3.8, 4) is 11.4 Å². The van der Waals surface area contributed by atoms with E-state index >= 15 is 0 Å². The third-order valence-corrected chi connectivity index (χ3v) is 3.96. The SMILES string of the molecule is Cn1ncc2c(NCCCn3ccnc3)nc(-c3cccnc3)nc21. The lowest BCUT2D eigenvalue weighted by Crippen LogP contribution is -2.08. The summed E-state index contributed by atoms with van der Waals surface area (Å²) in [4.78, 5) is 17.5. The van der Waals surface area contributed by atoms with Crippen LogP contribution in [-0.2, 0) is 13.6 Å². The third-order valence-electron chi connectivity index (χ3n) is 3.96. The molecule has 0 aliphatic carbocycles. The summed E-state index contributed by atoms with van der Waals surface area (Å²) in [6.07, 6.45) is 11.8. The van der Waals surface area contributed by atoms with E-state index in [2.05, 4.69) is 34.9 Å². The van der Waals surface area contributed by atoms with E-state index in [0.717, 1.165) is 41.9 Å². The smallest absolute Gasteiger partial charge is 0.165 e. The van der Waals surface area contributed by atoms with Gasteiger partial charge >= 0.3 is 0 Å². The van der Waals surface area contributed by atoms with Gasteiger partial charge in [0.2, 0.25) is 0 Å². The van der Waals surface area contributed by atoms with E-state index in [1.165, 1.54) is 0 Å². The number of aryl methyl sites for hydroxylation is 2. The second-order valence-corrected chi connectivity index (χ2v) is 5.72. The molecule has 0 bridgehead atoms. The van der Waals surface area contributed by atoms with Crippen molar-refractivity contribution in [2.45, 2.75) is 13.0 Å². The molecule has 0 unspecified atom stereocenters. The van der Waals surface area contributed by atoms with Crippen LogP contribution >= 0.6 is 0 Å². The van der Waals surface area contributed by atoms with Crippen LogP contribution < -0.4 is 5.32 Å². The molecule has 0 aliphatic heterocycles. The highest BCUT2D eigenvalue weighted by atomic mass is 15.3. The number of fused-ring (bicyclic) bond motifs is 1. The Kier molecular flexibility index (Phi) is 4.07. The lowest BCUT2D eigenvalue weighted by Gasteiger charge is -2.09. The minimum Gasteiger partial charge on any atom is -0.369 e. The monoisotopic (exact) mass is 334 g/mol. The quantitative estimate of drug-likeness (QED) is 0.544. The van der Waals surface area contributed by atoms with E-state index < -0.39 is 0 Å². The number of rotatable bonds is 6. The number of nitrogens with one attached hydrogen (secondary N) is 1. The van der Waals surface area contributed by atoms with Crippen LogP contribution in [0.5, 0.6) is 0 Å². The van der Waals surface area contributed by atoms with Crippen LogP contribution in [-0.4, -0.2) is 40.8 Å². The van der Waals surface area contributed by atoms with Gasteiger partial charge in [0, 0.05) is 50.5 Å². The van der Waals surface area contributed by atoms with Gasteiger partial charge in [-0.3, -0.25) is 9.67 Å². The van der Waals surface area contributed by atoms with Gasteiger partial charge in [-0.1, -0.05) is 0 Å². The zero-order valence-electron chi connectivity index (χ0n) is 13.9. The van der Waals surface area contributed by atoms with Crippen molar-refractivity contribution in [3.05, 3.63) is 49.4 Å². The first-order chi connectivity index (χ1) is 12.3. The zero-order chi connectivity index (χ0) is 17.1. The first kappa shape index (κ1) is 15.3. The molecular weight excluding hydrogens is 316 g/mol. The summed E-state index contributed by atoms with van der Waals surface area (Å²) in [6, 6.07) is 3.83. The molecule has 0 saturated carbocycles. The van der Waals surface area contributed by atoms with Gasteiger partial charge in [-0.05, 0) is 18.6 Å². The van der Waals surface area contributed by atoms with Crippen molar-refractivity contribution in [2.24, 2.45) is 7.05 Å². The summed E-state index contributed by atoms with van der Waals surface area (Å²) in [5, 5.41) is 8.64. The fourth-order valence-electron chi connectivity index (χ4n) is 2.67. The lowest BCUT2D eigenvalue weighted by atomic mass is 10.2. The predicted octanol–water partition coefficient (Wildman–Crippen LogP) is 2.12. The Bertz CT molecular complexity index is 959. The molecule has 0 atom stereocenters. The van der Waals surface area contributed by atoms with Crippen molar-refractivity contribution in [1.82, 2.24) is 34.3 Å². The topological polar surface area (TPSA) is 86.3 Å². The highest BCUT2D eigenvalue weighted by Crippen LogP contribution is 2.24. The summed E-state index contributed by atoms with van der Waals surface area (Å²) in [7, 11) is 1.88. The minimum absolute atomic E-state index is 0.640. The molecule has 8 heteroatoms. The molecular formula is C17H18N8. The van der Waals surface area contributed by atoms with Crippen LogP contribution in [0.2, 0.25) is 0 Å². The van der Waals surface area contributed by atoms with E-state index in [9.17, 15) is 0 Å². The largest absolute Gasteiger partial charge is 0.369 e. The summed E-state index contributed by atoms with van der Waals surface area (Å²) >= 11 is 0. The summed E-state index contributed by atoms with van der Waals surface area (Å²) in [5.41, 5.74) is 1.68. The highest BCUT2D eigenvalue weighted by Gasteiger charge is 2.12. The Hall–Kier alpha value is -3.29. The number of nitrogens with zero attached hydrogens (tertiary/aromatic N) is 7. The Balaban J connectivity index is 1.58. The molecule has 1 N–H and O–H groups in total. The molecule has 0 aromatic carbocycles. The maximum absolute atomic E-state index is 4.68. The molecule has 0 saturated heterocycles. The Morgan fingerprint density at radius 2 is 2.08 bits per heavy atom. The molecule has 25 heavy (non-hydrogen) atoms. The van der Waals surface area contributed by atoms with E-state index in [0.29, 0.717) is 5.82 Å². The van der Waals surface area contributed by atoms with E-state index in [-0.39, 0.29) is 0 Å². The molecule has 0 fully saturated rings. The lowest BCUT2D eigenvalue weighted by molar-refractivity contribution is 0.660. The van der Waals surface area contributed by atoms with Gasteiger partial charge in [-0.15, -0.1) is 0 Å². The Labute approximate surface area is 144 Å². The molecule has 0 amide bonds. The fraction of sp³-hybridized carbons (Fsp3) is 0.235. The van der Waals surface area contributed by atoms with Crippen LogP contribution in [0.3, 0.4) is 0 Å². The number of pyridine rings is 1. The summed E-state index contributed by atoms with van der Waals surface area (Å²) in [6.45, 7) is 1.70. The summed E-state index contributed by atoms with van der Waals surface area (Å²) < 4.78 is 3.82. The Morgan fingerprint density at radius 3 is 2.88 bits per heavy atom. The van der Waals surface area contributed by atoms with Crippen molar-refractivity contribution >= 4 is 16.9 Å². The van der Waals surface area contributed by atoms with Crippen LogP contribution in [0.4, 0.5) is 5.82 Å². The predicted molar refractivity (Wildman–Crippen MR) is 94.9 cm³/mol. The Morgan fingerprint density at radius 1 is 1.12 bits per heavy atom. The van der Waals surface area contributed by atoms with Gasteiger partial charge in [-0.2, -0.15) is 5.10 Å². The van der Waals surface area contributed by atoms with Gasteiger partial charge in [0.05, 0.1) is 17.9 Å². The molecule has 4 heterocycles. The average molecular weight is 334 g/mol. The van der Waals surface area contributed by atoms with Crippen molar-refractivity contribution in [3.63, 3.8) is 0 Å². The number of imidazole rings is 1. The first-order valence-electron chi connectivity index (χ1n) is 8.11. The average Bonchev–Trinajstić information content (AvgIpc) is 3.30. The van der Waals surface area contributed by atoms with E-state index in [4.69, 9.17) is 0 Å². The molecule has 4 aromatic heterocycles. The molecule has 0 aliphatic rings. The van der Waals surface area contributed by atoms with Gasteiger partial charge in [0.1, 0.15) is 5.82 Å². The highest BCUT2D eigenvalue weighted by molar-refractivity contribution is 5.88. The number of hydrogen-bond acceptors (Lipinski definition) is 6. The second kappa shape index (κ2) is 6.68. The zero-order valence-corrected chi connectivity index (χ0v) is 13.9. The van der Waals surface area contributed by atoms with Gasteiger partial charge < -0.3 is 9.88 Å². The molecule has 126 valence electrons. The first-order valence-corrected chi connectivity index (χ1v) is 8.11. The number of aromatic nitrogens is 7. The van der Waals surface area contributed by atoms with Crippen LogP contribution in [0, 0.1) is 0 Å². The normalized spacial score (nSPS) is 11.1. The minimum atomic E-state index is 0.640. The van der Waals surface area contributed by atoms with Gasteiger partial charge in [0.15, 0.2) is 11.5 Å². The fourth-order valence-corrected chi connectivity index (χ4v) is 2.67. The van der Waals surface area contributed by atoms with Crippen molar-refractivity contribution < 1.29 is 0 Å². The molecule has 8 nitrogen and oxygen atoms in total. The van der Waals surface area contributed by atoms with Crippen molar-refractivity contribution in [1.29, 1.82) is 0 Å². The van der Waals surface area contributed by atoms with Gasteiger partial charge in [-0.25, -0.2) is 15.0 Å². The van der Waals surface area contributed by atoms with Gasteiger partial charge in [0.25, 0.3) is 0 Å². The second-order valence-electron chi connectivity index (χ2n) is 5.72. The standard InChI is InChI=1S/C17H18N8/c1-24-17-14(11-21-24)16(20-6-3-8-25-9-7-19-12-25)22-15(23-17)13-4-2-5-18-10-13/h2,4-5,7,9-12H,3,6,8H2,1H3,(H,20,22,23). The molecule has 0 radical (unpaired) electrons. The number of hydrogen-bond donors (Lipinski definition) is 1. The molecule has 4 rings (SSSR count). The van der Waals surface area contributed by atoms with Crippen molar-refractivity contribution in [2.75, 3.05) is 11.9 Å². The van der Waals surface area contributed by atoms with Crippen LogP contribution in [0.15, 0.2) is 49.4 Å². The van der Waals surface area contributed by atoms with E-state index in [1.807, 2.05) is 31.7 Å². The maximum Gasteiger partial charge on any atom is 0.165 e. The molecule has 4 aromatic rings. The maximum atomic E-state index is 4.68. The third kappa shape index (κ3) is 3.18.